The molecule has 3 rings (SSSR count). The standard InChI is InChI=1S/C20H21ClF4N2O2/c1-10-11(5-6-13(22)15(10)21)16-17-12(18(2,3)9-29-17)7-14(27-16)19(28,8-26-4)20(23,24)25/h5-7,26,28H,8-9H2,1-4H3. The van der Waals surface area contributed by atoms with Crippen LogP contribution in [0.3, 0.4) is 0 Å². The van der Waals surface area contributed by atoms with Crippen molar-refractivity contribution in [2.45, 2.75) is 38.0 Å². The zero-order chi connectivity index (χ0) is 21.8. The molecule has 9 heteroatoms. The van der Waals surface area contributed by atoms with E-state index >= 15 is 0 Å². The molecule has 0 fully saturated rings. The summed E-state index contributed by atoms with van der Waals surface area (Å²) < 4.78 is 61.0. The Hall–Kier alpha value is -1.90. The SMILES string of the molecule is CNCC(O)(c1cc2c(c(-c3ccc(F)c(Cl)c3C)n1)OCC2(C)C)C(F)(F)F. The van der Waals surface area contributed by atoms with E-state index < -0.39 is 35.2 Å². The van der Waals surface area contributed by atoms with E-state index in [-0.39, 0.29) is 17.3 Å². The number of pyridine rings is 1. The Kier molecular flexibility index (Phi) is 5.34. The van der Waals surface area contributed by atoms with Crippen LogP contribution in [0.25, 0.3) is 11.3 Å². The molecule has 0 amide bonds. The molecule has 0 bridgehead atoms. The largest absolute Gasteiger partial charge is 0.490 e. The Bertz CT molecular complexity index is 962. The molecule has 4 nitrogen and oxygen atoms in total. The fourth-order valence-electron chi connectivity index (χ4n) is 3.41. The maximum absolute atomic E-state index is 13.8. The summed E-state index contributed by atoms with van der Waals surface area (Å²) in [6.45, 7) is 4.63. The maximum atomic E-state index is 13.8. The highest BCUT2D eigenvalue weighted by Gasteiger charge is 2.56. The second kappa shape index (κ2) is 7.11. The quantitative estimate of drug-likeness (QED) is 0.699. The van der Waals surface area contributed by atoms with Crippen molar-refractivity contribution >= 4 is 11.6 Å². The molecule has 1 aliphatic heterocycles. The monoisotopic (exact) mass is 432 g/mol. The van der Waals surface area contributed by atoms with Gasteiger partial charge in [0.15, 0.2) is 0 Å². The third kappa shape index (κ3) is 3.47. The molecular formula is C20H21ClF4N2O2. The number of aromatic nitrogens is 1. The summed E-state index contributed by atoms with van der Waals surface area (Å²) in [7, 11) is 1.31. The van der Waals surface area contributed by atoms with Gasteiger partial charge >= 0.3 is 6.18 Å². The van der Waals surface area contributed by atoms with Gasteiger partial charge in [-0.1, -0.05) is 25.4 Å². The second-order valence-electron chi connectivity index (χ2n) is 7.83. The fraction of sp³-hybridized carbons (Fsp3) is 0.450. The fourth-order valence-corrected chi connectivity index (χ4v) is 3.57. The molecule has 0 spiro atoms. The van der Waals surface area contributed by atoms with Crippen LogP contribution in [0.5, 0.6) is 5.75 Å². The van der Waals surface area contributed by atoms with Gasteiger partial charge < -0.3 is 15.2 Å². The average molecular weight is 433 g/mol. The highest BCUT2D eigenvalue weighted by molar-refractivity contribution is 6.31. The molecule has 158 valence electrons. The van der Waals surface area contributed by atoms with Crippen LogP contribution in [-0.4, -0.2) is 36.5 Å². The predicted octanol–water partition coefficient (Wildman–Crippen LogP) is 4.49. The summed E-state index contributed by atoms with van der Waals surface area (Å²) in [5, 5.41) is 12.8. The van der Waals surface area contributed by atoms with Crippen LogP contribution in [0.2, 0.25) is 5.02 Å². The number of ether oxygens (including phenoxy) is 1. The number of hydrogen-bond acceptors (Lipinski definition) is 4. The van der Waals surface area contributed by atoms with Crippen molar-refractivity contribution < 1.29 is 27.4 Å². The number of benzene rings is 1. The number of aliphatic hydroxyl groups is 1. The van der Waals surface area contributed by atoms with Crippen LogP contribution >= 0.6 is 11.6 Å². The Morgan fingerprint density at radius 1 is 1.31 bits per heavy atom. The summed E-state index contributed by atoms with van der Waals surface area (Å²) in [5.74, 6) is -0.345. The van der Waals surface area contributed by atoms with Gasteiger partial charge in [0, 0.05) is 23.1 Å². The first kappa shape index (κ1) is 21.8. The molecule has 1 aliphatic rings. The van der Waals surface area contributed by atoms with E-state index in [1.54, 1.807) is 6.92 Å². The number of halogens is 5. The smallest absolute Gasteiger partial charge is 0.424 e. The summed E-state index contributed by atoms with van der Waals surface area (Å²) in [6.07, 6.45) is -4.98. The van der Waals surface area contributed by atoms with Gasteiger partial charge in [-0.2, -0.15) is 13.2 Å². The summed E-state index contributed by atoms with van der Waals surface area (Å²) in [5.41, 5.74) is -3.17. The van der Waals surface area contributed by atoms with Gasteiger partial charge in [-0.05, 0) is 37.7 Å². The van der Waals surface area contributed by atoms with Crippen LogP contribution in [0.15, 0.2) is 18.2 Å². The zero-order valence-electron chi connectivity index (χ0n) is 16.3. The molecule has 0 saturated heterocycles. The molecule has 1 aromatic carbocycles. The minimum absolute atomic E-state index is 0.0845. The second-order valence-corrected chi connectivity index (χ2v) is 8.21. The first-order valence-electron chi connectivity index (χ1n) is 8.91. The normalized spacial score (nSPS) is 17.6. The van der Waals surface area contributed by atoms with E-state index in [4.69, 9.17) is 16.3 Å². The molecule has 1 atom stereocenters. The Morgan fingerprint density at radius 3 is 2.55 bits per heavy atom. The summed E-state index contributed by atoms with van der Waals surface area (Å²) in [6, 6.07) is 3.74. The first-order valence-corrected chi connectivity index (χ1v) is 9.29. The minimum atomic E-state index is -4.98. The van der Waals surface area contributed by atoms with E-state index in [1.165, 1.54) is 19.2 Å². The number of nitrogens with one attached hydrogen (secondary N) is 1. The van der Waals surface area contributed by atoms with Crippen LogP contribution < -0.4 is 10.1 Å². The van der Waals surface area contributed by atoms with Crippen molar-refractivity contribution in [3.8, 4) is 17.0 Å². The Balaban J connectivity index is 2.36. The van der Waals surface area contributed by atoms with Crippen LogP contribution in [0, 0.1) is 12.7 Å². The van der Waals surface area contributed by atoms with E-state index in [1.807, 2.05) is 13.8 Å². The van der Waals surface area contributed by atoms with Gasteiger partial charge in [0.2, 0.25) is 5.60 Å². The van der Waals surface area contributed by atoms with Crippen molar-refractivity contribution in [2.24, 2.45) is 0 Å². The molecule has 1 aromatic heterocycles. The number of nitrogens with zero attached hydrogens (tertiary/aromatic N) is 1. The van der Waals surface area contributed by atoms with Gasteiger partial charge in [0.1, 0.15) is 17.3 Å². The van der Waals surface area contributed by atoms with Crippen LogP contribution in [-0.2, 0) is 11.0 Å². The Morgan fingerprint density at radius 2 is 1.97 bits per heavy atom. The molecule has 1 unspecified atom stereocenters. The highest BCUT2D eigenvalue weighted by atomic mass is 35.5. The molecule has 0 radical (unpaired) electrons. The van der Waals surface area contributed by atoms with Crippen molar-refractivity contribution in [3.05, 3.63) is 45.9 Å². The lowest BCUT2D eigenvalue weighted by Gasteiger charge is -2.31. The minimum Gasteiger partial charge on any atom is -0.490 e. The molecule has 0 aliphatic carbocycles. The van der Waals surface area contributed by atoms with E-state index in [9.17, 15) is 22.7 Å². The van der Waals surface area contributed by atoms with Gasteiger partial charge in [-0.3, -0.25) is 0 Å². The van der Waals surface area contributed by atoms with Crippen molar-refractivity contribution in [2.75, 3.05) is 20.2 Å². The lowest BCUT2D eigenvalue weighted by Crippen LogP contribution is -2.50. The number of fused-ring (bicyclic) bond motifs is 1. The lowest BCUT2D eigenvalue weighted by molar-refractivity contribution is -0.265. The number of hydrogen-bond donors (Lipinski definition) is 2. The summed E-state index contributed by atoms with van der Waals surface area (Å²) in [4.78, 5) is 4.15. The third-order valence-corrected chi connectivity index (χ3v) is 5.66. The maximum Gasteiger partial charge on any atom is 0.424 e. The van der Waals surface area contributed by atoms with Crippen molar-refractivity contribution in [1.82, 2.24) is 10.3 Å². The molecule has 0 saturated carbocycles. The lowest BCUT2D eigenvalue weighted by atomic mass is 9.84. The Labute approximate surface area is 170 Å². The molecule has 2 N–H and O–H groups in total. The molecule has 2 heterocycles. The van der Waals surface area contributed by atoms with Gasteiger partial charge in [-0.25, -0.2) is 9.37 Å². The molecule has 29 heavy (non-hydrogen) atoms. The number of rotatable bonds is 4. The molecular weight excluding hydrogens is 412 g/mol. The van der Waals surface area contributed by atoms with E-state index in [0.29, 0.717) is 22.4 Å². The highest BCUT2D eigenvalue weighted by Crippen LogP contribution is 2.48. The van der Waals surface area contributed by atoms with Gasteiger partial charge in [-0.15, -0.1) is 0 Å². The topological polar surface area (TPSA) is 54.4 Å². The zero-order valence-corrected chi connectivity index (χ0v) is 17.1. The van der Waals surface area contributed by atoms with Gasteiger partial charge in [0.05, 0.1) is 17.3 Å². The van der Waals surface area contributed by atoms with Crippen molar-refractivity contribution in [1.29, 1.82) is 0 Å². The van der Waals surface area contributed by atoms with E-state index in [2.05, 4.69) is 10.3 Å². The third-order valence-electron chi connectivity index (χ3n) is 5.20. The predicted molar refractivity (Wildman–Crippen MR) is 102 cm³/mol. The van der Waals surface area contributed by atoms with Crippen molar-refractivity contribution in [3.63, 3.8) is 0 Å². The first-order chi connectivity index (χ1) is 13.3. The summed E-state index contributed by atoms with van der Waals surface area (Å²) >= 11 is 6.01. The average Bonchev–Trinajstić information content (AvgIpc) is 2.94. The van der Waals surface area contributed by atoms with E-state index in [0.717, 1.165) is 6.07 Å². The number of alkyl halides is 3. The van der Waals surface area contributed by atoms with Crippen LogP contribution in [0.1, 0.15) is 30.7 Å². The number of likely N-dealkylation sites (N-methyl/N-ethyl adjacent to an activating group) is 1. The molecule has 2 aromatic rings. The van der Waals surface area contributed by atoms with Gasteiger partial charge in [0.25, 0.3) is 0 Å². The van der Waals surface area contributed by atoms with Crippen LogP contribution in [0.4, 0.5) is 17.6 Å².